The van der Waals surface area contributed by atoms with Crippen LogP contribution in [0, 0.1) is 6.92 Å². The zero-order chi connectivity index (χ0) is 20.9. The van der Waals surface area contributed by atoms with Crippen molar-refractivity contribution in [2.24, 2.45) is 0 Å². The van der Waals surface area contributed by atoms with E-state index in [2.05, 4.69) is 20.5 Å². The van der Waals surface area contributed by atoms with Crippen LogP contribution in [-0.4, -0.2) is 24.9 Å². The third kappa shape index (κ3) is 4.65. The molecule has 154 valence electrons. The normalized spacial score (nSPS) is 12.1. The fourth-order valence-electron chi connectivity index (χ4n) is 2.88. The van der Waals surface area contributed by atoms with Crippen molar-refractivity contribution in [3.05, 3.63) is 93.1 Å². The Morgan fingerprint density at radius 1 is 1.27 bits per heavy atom. The smallest absolute Gasteiger partial charge is 0.260 e. The highest BCUT2D eigenvalue weighted by atomic mass is 32.1. The summed E-state index contributed by atoms with van der Waals surface area (Å²) in [6, 6.07) is 14.7. The molecular formula is C21H21N5O3S. The van der Waals surface area contributed by atoms with Gasteiger partial charge in [0, 0.05) is 30.7 Å². The zero-order valence-corrected chi connectivity index (χ0v) is 17.1. The number of hydrogen-bond donors (Lipinski definition) is 3. The lowest BCUT2D eigenvalue weighted by Gasteiger charge is -2.10. The third-order valence-corrected chi connectivity index (χ3v) is 5.67. The van der Waals surface area contributed by atoms with Crippen molar-refractivity contribution >= 4 is 11.3 Å². The summed E-state index contributed by atoms with van der Waals surface area (Å²) in [6.45, 7) is 2.62. The standard InChI is InChI=1S/C21H21N5O3S/c1-14-19(20(28)22-12-16-7-9-23-25-16)30-21(24-14)26-10-8-17(11-18(26)27)29-13-15-5-3-2-4-6-15/h2-11,20,22,28H,12-13H2,1H3,(H,23,25). The van der Waals surface area contributed by atoms with Gasteiger partial charge in [0.25, 0.3) is 5.56 Å². The Hall–Kier alpha value is -3.27. The lowest BCUT2D eigenvalue weighted by Crippen LogP contribution is -2.20. The number of benzene rings is 1. The fourth-order valence-corrected chi connectivity index (χ4v) is 3.90. The highest BCUT2D eigenvalue weighted by Gasteiger charge is 2.17. The van der Waals surface area contributed by atoms with Crippen molar-refractivity contribution in [1.29, 1.82) is 0 Å². The number of ether oxygens (including phenoxy) is 1. The van der Waals surface area contributed by atoms with E-state index in [0.717, 1.165) is 11.3 Å². The van der Waals surface area contributed by atoms with E-state index < -0.39 is 6.23 Å². The molecule has 0 aliphatic heterocycles. The van der Waals surface area contributed by atoms with Crippen LogP contribution >= 0.6 is 11.3 Å². The first-order valence-corrected chi connectivity index (χ1v) is 10.2. The predicted molar refractivity (Wildman–Crippen MR) is 114 cm³/mol. The maximum absolute atomic E-state index is 12.6. The summed E-state index contributed by atoms with van der Waals surface area (Å²) in [5, 5.41) is 20.7. The molecule has 4 rings (SSSR count). The van der Waals surface area contributed by atoms with E-state index in [4.69, 9.17) is 4.74 Å². The summed E-state index contributed by atoms with van der Waals surface area (Å²) in [6.07, 6.45) is 2.39. The Bertz CT molecular complexity index is 1160. The first-order valence-electron chi connectivity index (χ1n) is 9.37. The molecule has 0 amide bonds. The second-order valence-corrected chi connectivity index (χ2v) is 7.67. The monoisotopic (exact) mass is 423 g/mol. The first kappa shape index (κ1) is 20.0. The van der Waals surface area contributed by atoms with Crippen molar-refractivity contribution in [2.45, 2.75) is 26.3 Å². The molecule has 0 aliphatic rings. The number of aliphatic hydroxyl groups is 1. The minimum atomic E-state index is -0.899. The van der Waals surface area contributed by atoms with Crippen molar-refractivity contribution in [3.8, 4) is 10.9 Å². The average Bonchev–Trinajstić information content (AvgIpc) is 3.41. The topological polar surface area (TPSA) is 105 Å². The van der Waals surface area contributed by atoms with Crippen LogP contribution in [0.25, 0.3) is 5.13 Å². The summed E-state index contributed by atoms with van der Waals surface area (Å²) >= 11 is 1.26. The second kappa shape index (κ2) is 9.04. The molecule has 0 saturated heterocycles. The van der Waals surface area contributed by atoms with Gasteiger partial charge >= 0.3 is 0 Å². The van der Waals surface area contributed by atoms with Gasteiger partial charge in [0.1, 0.15) is 18.6 Å². The van der Waals surface area contributed by atoms with Crippen LogP contribution < -0.4 is 15.6 Å². The molecule has 3 heterocycles. The van der Waals surface area contributed by atoms with Crippen LogP contribution in [0.4, 0.5) is 0 Å². The number of H-pyrrole nitrogens is 1. The molecule has 8 nitrogen and oxygen atoms in total. The molecule has 4 aromatic rings. The van der Waals surface area contributed by atoms with E-state index in [1.54, 1.807) is 25.4 Å². The molecule has 30 heavy (non-hydrogen) atoms. The summed E-state index contributed by atoms with van der Waals surface area (Å²) in [5.41, 5.74) is 2.30. The van der Waals surface area contributed by atoms with Crippen LogP contribution in [0.15, 0.2) is 65.7 Å². The van der Waals surface area contributed by atoms with Gasteiger partial charge in [-0.1, -0.05) is 41.7 Å². The molecule has 0 aliphatic carbocycles. The predicted octanol–water partition coefficient (Wildman–Crippen LogP) is 2.69. The Kier molecular flexibility index (Phi) is 6.03. The number of aryl methyl sites for hydroxylation is 1. The highest BCUT2D eigenvalue weighted by molar-refractivity contribution is 7.14. The van der Waals surface area contributed by atoms with Gasteiger partial charge in [0.05, 0.1) is 10.6 Å². The van der Waals surface area contributed by atoms with Crippen LogP contribution in [0.5, 0.6) is 5.75 Å². The number of aliphatic hydroxyl groups excluding tert-OH is 1. The van der Waals surface area contributed by atoms with Gasteiger partial charge in [0.15, 0.2) is 5.13 Å². The average molecular weight is 423 g/mol. The molecule has 0 spiro atoms. The first-order chi connectivity index (χ1) is 14.6. The number of aromatic amines is 1. The lowest BCUT2D eigenvalue weighted by molar-refractivity contribution is 0.139. The van der Waals surface area contributed by atoms with E-state index in [1.807, 2.05) is 36.4 Å². The van der Waals surface area contributed by atoms with E-state index in [1.165, 1.54) is 22.0 Å². The van der Waals surface area contributed by atoms with E-state index >= 15 is 0 Å². The summed E-state index contributed by atoms with van der Waals surface area (Å²) in [5.74, 6) is 0.495. The number of hydrogen-bond acceptors (Lipinski definition) is 7. The number of thiazole rings is 1. The van der Waals surface area contributed by atoms with Gasteiger partial charge in [-0.2, -0.15) is 5.10 Å². The van der Waals surface area contributed by atoms with Crippen molar-refractivity contribution in [1.82, 2.24) is 25.1 Å². The van der Waals surface area contributed by atoms with Gasteiger partial charge in [-0.05, 0) is 24.6 Å². The molecule has 0 bridgehead atoms. The maximum atomic E-state index is 12.6. The molecule has 1 unspecified atom stereocenters. The molecule has 0 radical (unpaired) electrons. The number of pyridine rings is 1. The van der Waals surface area contributed by atoms with Crippen molar-refractivity contribution in [2.75, 3.05) is 0 Å². The molecule has 1 atom stereocenters. The number of aromatic nitrogens is 4. The summed E-state index contributed by atoms with van der Waals surface area (Å²) in [4.78, 5) is 17.7. The summed E-state index contributed by atoms with van der Waals surface area (Å²) in [7, 11) is 0. The van der Waals surface area contributed by atoms with E-state index in [0.29, 0.717) is 34.6 Å². The van der Waals surface area contributed by atoms with Gasteiger partial charge < -0.3 is 9.84 Å². The number of nitrogens with zero attached hydrogens (tertiary/aromatic N) is 3. The van der Waals surface area contributed by atoms with Gasteiger partial charge in [-0.3, -0.25) is 19.8 Å². The molecule has 3 N–H and O–H groups in total. The number of rotatable bonds is 8. The minimum absolute atomic E-state index is 0.249. The van der Waals surface area contributed by atoms with Gasteiger partial charge in [-0.25, -0.2) is 4.98 Å². The maximum Gasteiger partial charge on any atom is 0.260 e. The quantitative estimate of drug-likeness (QED) is 0.376. The van der Waals surface area contributed by atoms with Gasteiger partial charge in [-0.15, -0.1) is 0 Å². The number of nitrogens with one attached hydrogen (secondary N) is 2. The Morgan fingerprint density at radius 2 is 2.10 bits per heavy atom. The Morgan fingerprint density at radius 3 is 2.83 bits per heavy atom. The molecule has 3 aromatic heterocycles. The molecule has 1 aromatic carbocycles. The van der Waals surface area contributed by atoms with E-state index in [9.17, 15) is 9.90 Å². The minimum Gasteiger partial charge on any atom is -0.489 e. The van der Waals surface area contributed by atoms with Crippen LogP contribution in [-0.2, 0) is 13.2 Å². The van der Waals surface area contributed by atoms with Crippen LogP contribution in [0.2, 0.25) is 0 Å². The Labute approximate surface area is 176 Å². The van der Waals surface area contributed by atoms with Crippen molar-refractivity contribution in [3.63, 3.8) is 0 Å². The van der Waals surface area contributed by atoms with E-state index in [-0.39, 0.29) is 5.56 Å². The highest BCUT2D eigenvalue weighted by Crippen LogP contribution is 2.26. The molecule has 0 saturated carbocycles. The SMILES string of the molecule is Cc1nc(-n2ccc(OCc3ccccc3)cc2=O)sc1C(O)NCc1ccn[nH]1. The molecular weight excluding hydrogens is 402 g/mol. The lowest BCUT2D eigenvalue weighted by atomic mass is 10.2. The Balaban J connectivity index is 1.46. The second-order valence-electron chi connectivity index (χ2n) is 6.66. The largest absolute Gasteiger partial charge is 0.489 e. The zero-order valence-electron chi connectivity index (χ0n) is 16.3. The molecule has 9 heteroatoms. The van der Waals surface area contributed by atoms with Crippen LogP contribution in [0.1, 0.15) is 28.1 Å². The van der Waals surface area contributed by atoms with Gasteiger partial charge in [0.2, 0.25) is 0 Å². The third-order valence-electron chi connectivity index (χ3n) is 4.46. The fraction of sp³-hybridized carbons (Fsp3) is 0.190. The van der Waals surface area contributed by atoms with Crippen molar-refractivity contribution < 1.29 is 9.84 Å². The van der Waals surface area contributed by atoms with Crippen LogP contribution in [0.3, 0.4) is 0 Å². The summed E-state index contributed by atoms with van der Waals surface area (Å²) < 4.78 is 7.15. The molecule has 0 fully saturated rings.